The van der Waals surface area contributed by atoms with Gasteiger partial charge in [-0.05, 0) is 30.7 Å². The lowest BCUT2D eigenvalue weighted by Crippen LogP contribution is -2.61. The molecule has 20 heavy (non-hydrogen) atoms. The first kappa shape index (κ1) is 13.6. The maximum atomic E-state index is 12.1. The Morgan fingerprint density at radius 2 is 1.80 bits per heavy atom. The highest BCUT2D eigenvalue weighted by Crippen LogP contribution is 2.27. The number of rotatable bonds is 3. The molecule has 1 saturated carbocycles. The summed E-state index contributed by atoms with van der Waals surface area (Å²) in [6.45, 7) is 0.800. The molecule has 0 unspecified atom stereocenters. The fourth-order valence-corrected chi connectivity index (χ4v) is 3.57. The van der Waals surface area contributed by atoms with Crippen LogP contribution in [0.15, 0.2) is 30.3 Å². The molecule has 0 radical (unpaired) electrons. The van der Waals surface area contributed by atoms with Crippen LogP contribution in [0.1, 0.15) is 37.7 Å². The zero-order valence-corrected chi connectivity index (χ0v) is 12.0. The van der Waals surface area contributed by atoms with E-state index in [4.69, 9.17) is 0 Å². The fraction of sp³-hybridized carbons (Fsp3) is 0.588. The molecule has 3 rings (SSSR count). The summed E-state index contributed by atoms with van der Waals surface area (Å²) in [4.78, 5) is 12.1. The van der Waals surface area contributed by atoms with Crippen LogP contribution in [-0.4, -0.2) is 24.5 Å². The summed E-state index contributed by atoms with van der Waals surface area (Å²) >= 11 is 0. The van der Waals surface area contributed by atoms with E-state index in [1.54, 1.807) is 0 Å². The van der Waals surface area contributed by atoms with Crippen LogP contribution < -0.4 is 10.6 Å². The summed E-state index contributed by atoms with van der Waals surface area (Å²) in [6.07, 6.45) is 7.48. The second-order valence-corrected chi connectivity index (χ2v) is 6.16. The van der Waals surface area contributed by atoms with Crippen molar-refractivity contribution < 1.29 is 4.79 Å². The lowest BCUT2D eigenvalue weighted by molar-refractivity contribution is -0.125. The molecule has 1 saturated heterocycles. The van der Waals surface area contributed by atoms with E-state index < -0.39 is 0 Å². The molecule has 2 atom stereocenters. The first-order chi connectivity index (χ1) is 9.83. The zero-order valence-electron chi connectivity index (χ0n) is 12.0. The minimum atomic E-state index is -0.0712. The summed E-state index contributed by atoms with van der Waals surface area (Å²) < 4.78 is 0. The highest BCUT2D eigenvalue weighted by molar-refractivity contribution is 5.83. The van der Waals surface area contributed by atoms with Crippen LogP contribution in [0.3, 0.4) is 0 Å². The van der Waals surface area contributed by atoms with Gasteiger partial charge in [-0.1, -0.05) is 49.6 Å². The minimum Gasteiger partial charge on any atom is -0.353 e. The van der Waals surface area contributed by atoms with Gasteiger partial charge in [-0.2, -0.15) is 0 Å². The van der Waals surface area contributed by atoms with Gasteiger partial charge in [-0.15, -0.1) is 0 Å². The molecule has 2 N–H and O–H groups in total. The largest absolute Gasteiger partial charge is 0.353 e. The lowest BCUT2D eigenvalue weighted by Gasteiger charge is -2.37. The second-order valence-electron chi connectivity index (χ2n) is 6.16. The van der Waals surface area contributed by atoms with E-state index in [1.807, 2.05) is 18.2 Å². The molecule has 2 aliphatic rings. The van der Waals surface area contributed by atoms with Crippen LogP contribution in [-0.2, 0) is 11.2 Å². The molecule has 1 heterocycles. The Labute approximate surface area is 121 Å². The smallest absolute Gasteiger partial charge is 0.237 e. The third-order valence-electron chi connectivity index (χ3n) is 4.73. The summed E-state index contributed by atoms with van der Waals surface area (Å²) in [5, 5.41) is 6.71. The molecule has 2 fully saturated rings. The highest BCUT2D eigenvalue weighted by atomic mass is 16.2. The number of amides is 1. The molecule has 3 nitrogen and oxygen atoms in total. The summed E-state index contributed by atoms with van der Waals surface area (Å²) in [5.41, 5.74) is 1.23. The van der Waals surface area contributed by atoms with Gasteiger partial charge in [0.25, 0.3) is 0 Å². The number of carbonyl (C=O) groups excluding carboxylic acids is 1. The van der Waals surface area contributed by atoms with Gasteiger partial charge in [0.05, 0.1) is 6.04 Å². The molecule has 1 aliphatic heterocycles. The van der Waals surface area contributed by atoms with Crippen molar-refractivity contribution in [3.63, 3.8) is 0 Å². The molecule has 1 aliphatic carbocycles. The van der Waals surface area contributed by atoms with E-state index in [9.17, 15) is 4.79 Å². The Bertz CT molecular complexity index is 440. The fourth-order valence-electron chi connectivity index (χ4n) is 3.57. The number of benzene rings is 1. The summed E-state index contributed by atoms with van der Waals surface area (Å²) in [7, 11) is 0. The SMILES string of the molecule is O=C1NC[C@@H](C2CCCCC2)N[C@H]1Cc1ccccc1. The summed E-state index contributed by atoms with van der Waals surface area (Å²) in [6, 6.07) is 10.7. The number of piperazine rings is 1. The molecule has 0 aromatic heterocycles. The maximum Gasteiger partial charge on any atom is 0.237 e. The second kappa shape index (κ2) is 6.40. The molecular formula is C17H24N2O. The van der Waals surface area contributed by atoms with E-state index in [2.05, 4.69) is 22.8 Å². The molecular weight excluding hydrogens is 248 g/mol. The molecule has 108 valence electrons. The topological polar surface area (TPSA) is 41.1 Å². The van der Waals surface area contributed by atoms with Gasteiger partial charge in [0.1, 0.15) is 0 Å². The van der Waals surface area contributed by atoms with Crippen molar-refractivity contribution in [3.05, 3.63) is 35.9 Å². The van der Waals surface area contributed by atoms with E-state index in [0.717, 1.165) is 18.9 Å². The van der Waals surface area contributed by atoms with Crippen molar-refractivity contribution in [2.24, 2.45) is 5.92 Å². The lowest BCUT2D eigenvalue weighted by atomic mass is 9.82. The number of hydrogen-bond acceptors (Lipinski definition) is 2. The summed E-state index contributed by atoms with van der Waals surface area (Å²) in [5.74, 6) is 0.892. The van der Waals surface area contributed by atoms with Gasteiger partial charge in [0.15, 0.2) is 0 Å². The Hall–Kier alpha value is -1.35. The van der Waals surface area contributed by atoms with Crippen LogP contribution in [0.5, 0.6) is 0 Å². The maximum absolute atomic E-state index is 12.1. The van der Waals surface area contributed by atoms with Crippen molar-refractivity contribution in [1.82, 2.24) is 10.6 Å². The van der Waals surface area contributed by atoms with Crippen LogP contribution in [0.2, 0.25) is 0 Å². The Balaban J connectivity index is 1.62. The van der Waals surface area contributed by atoms with Crippen LogP contribution in [0, 0.1) is 5.92 Å². The number of hydrogen-bond donors (Lipinski definition) is 2. The average molecular weight is 272 g/mol. The van der Waals surface area contributed by atoms with Gasteiger partial charge in [0.2, 0.25) is 5.91 Å². The predicted molar refractivity (Wildman–Crippen MR) is 80.4 cm³/mol. The predicted octanol–water partition coefficient (Wildman–Crippen LogP) is 2.27. The quantitative estimate of drug-likeness (QED) is 0.886. The number of carbonyl (C=O) groups is 1. The van der Waals surface area contributed by atoms with Crippen molar-refractivity contribution >= 4 is 5.91 Å². The van der Waals surface area contributed by atoms with Gasteiger partial charge >= 0.3 is 0 Å². The van der Waals surface area contributed by atoms with Crippen LogP contribution >= 0.6 is 0 Å². The van der Waals surface area contributed by atoms with Crippen LogP contribution in [0.4, 0.5) is 0 Å². The highest BCUT2D eigenvalue weighted by Gasteiger charge is 2.32. The first-order valence-corrected chi connectivity index (χ1v) is 7.90. The van der Waals surface area contributed by atoms with Gasteiger partial charge in [0, 0.05) is 12.6 Å². The average Bonchev–Trinajstić information content (AvgIpc) is 2.51. The third-order valence-corrected chi connectivity index (χ3v) is 4.73. The Morgan fingerprint density at radius 3 is 2.55 bits per heavy atom. The molecule has 1 aromatic carbocycles. The number of nitrogens with one attached hydrogen (secondary N) is 2. The van der Waals surface area contributed by atoms with Gasteiger partial charge in [-0.25, -0.2) is 0 Å². The third kappa shape index (κ3) is 3.21. The Kier molecular flexibility index (Phi) is 4.36. The van der Waals surface area contributed by atoms with E-state index in [-0.39, 0.29) is 11.9 Å². The van der Waals surface area contributed by atoms with Gasteiger partial charge < -0.3 is 10.6 Å². The van der Waals surface area contributed by atoms with Crippen LogP contribution in [0.25, 0.3) is 0 Å². The zero-order chi connectivity index (χ0) is 13.8. The molecule has 0 bridgehead atoms. The monoisotopic (exact) mass is 272 g/mol. The van der Waals surface area contributed by atoms with E-state index >= 15 is 0 Å². The minimum absolute atomic E-state index is 0.0712. The molecule has 3 heteroatoms. The first-order valence-electron chi connectivity index (χ1n) is 7.90. The Morgan fingerprint density at radius 1 is 1.05 bits per heavy atom. The van der Waals surface area contributed by atoms with Gasteiger partial charge in [-0.3, -0.25) is 4.79 Å². The molecule has 1 amide bonds. The van der Waals surface area contributed by atoms with Crippen molar-refractivity contribution in [1.29, 1.82) is 0 Å². The van der Waals surface area contributed by atoms with E-state index in [0.29, 0.717) is 6.04 Å². The van der Waals surface area contributed by atoms with Crippen molar-refractivity contribution in [2.75, 3.05) is 6.54 Å². The molecule has 0 spiro atoms. The molecule has 1 aromatic rings. The normalized spacial score (nSPS) is 28.1. The van der Waals surface area contributed by atoms with Crippen molar-refractivity contribution in [3.8, 4) is 0 Å². The van der Waals surface area contributed by atoms with E-state index in [1.165, 1.54) is 37.7 Å². The van der Waals surface area contributed by atoms with Crippen molar-refractivity contribution in [2.45, 2.75) is 50.6 Å². The standard InChI is InChI=1S/C17H24N2O/c20-17-15(11-13-7-3-1-4-8-13)19-16(12-18-17)14-9-5-2-6-10-14/h1,3-4,7-8,14-16,19H,2,5-6,9-12H2,(H,18,20)/t15-,16-/m0/s1.